The maximum absolute atomic E-state index is 12.7. The molecule has 1 amide bonds. The van der Waals surface area contributed by atoms with Crippen molar-refractivity contribution >= 4 is 17.3 Å². The van der Waals surface area contributed by atoms with Crippen LogP contribution in [-0.4, -0.2) is 13.0 Å². The van der Waals surface area contributed by atoms with Crippen LogP contribution in [0.15, 0.2) is 42.5 Å². The van der Waals surface area contributed by atoms with Gasteiger partial charge in [-0.3, -0.25) is 10.6 Å². The second kappa shape index (κ2) is 5.75. The highest BCUT2D eigenvalue weighted by molar-refractivity contribution is 6.09. The van der Waals surface area contributed by atoms with Gasteiger partial charge in [0.1, 0.15) is 0 Å². The fourth-order valence-electron chi connectivity index (χ4n) is 2.19. The monoisotopic (exact) mass is 269 g/mol. The molecule has 0 bridgehead atoms. The Morgan fingerprint density at radius 2 is 1.85 bits per heavy atom. The lowest BCUT2D eigenvalue weighted by atomic mass is 10.1. The molecule has 0 saturated heterocycles. The quantitative estimate of drug-likeness (QED) is 0.665. The largest absolute Gasteiger partial charge is 0.323 e. The van der Waals surface area contributed by atoms with Gasteiger partial charge in [-0.25, -0.2) is 0 Å². The number of hydrazine groups is 1. The van der Waals surface area contributed by atoms with E-state index in [4.69, 9.17) is 5.84 Å². The van der Waals surface area contributed by atoms with Gasteiger partial charge in [0.05, 0.1) is 11.3 Å². The molecule has 0 spiro atoms. The Morgan fingerprint density at radius 3 is 2.50 bits per heavy atom. The number of carbonyl (C=O) groups excluding carboxylic acids is 1. The fraction of sp³-hybridized carbons (Fsp3) is 0.188. The molecule has 0 aliphatic rings. The second-order valence-corrected chi connectivity index (χ2v) is 4.84. The van der Waals surface area contributed by atoms with E-state index in [1.165, 1.54) is 0 Å². The summed E-state index contributed by atoms with van der Waals surface area (Å²) in [7, 11) is 1.77. The topological polar surface area (TPSA) is 58.4 Å². The molecule has 104 valence electrons. The average molecular weight is 269 g/mol. The van der Waals surface area contributed by atoms with Crippen molar-refractivity contribution in [3.05, 3.63) is 59.2 Å². The number of benzene rings is 2. The summed E-state index contributed by atoms with van der Waals surface area (Å²) in [5, 5.41) is 0. The van der Waals surface area contributed by atoms with E-state index in [1.807, 2.05) is 56.3 Å². The molecule has 0 fully saturated rings. The van der Waals surface area contributed by atoms with E-state index < -0.39 is 0 Å². The van der Waals surface area contributed by atoms with Crippen molar-refractivity contribution in [2.24, 2.45) is 5.84 Å². The molecule has 0 unspecified atom stereocenters. The summed E-state index contributed by atoms with van der Waals surface area (Å²) in [6.07, 6.45) is 0. The first kappa shape index (κ1) is 14.1. The van der Waals surface area contributed by atoms with Crippen molar-refractivity contribution in [3.63, 3.8) is 0 Å². The van der Waals surface area contributed by atoms with Crippen molar-refractivity contribution in [1.82, 2.24) is 0 Å². The molecule has 0 saturated carbocycles. The van der Waals surface area contributed by atoms with Crippen LogP contribution in [0.4, 0.5) is 11.4 Å². The number of nitrogens with one attached hydrogen (secondary N) is 1. The number of hydrogen-bond acceptors (Lipinski definition) is 3. The first-order chi connectivity index (χ1) is 9.54. The predicted octanol–water partition coefficient (Wildman–Crippen LogP) is 2.87. The second-order valence-electron chi connectivity index (χ2n) is 4.84. The molecule has 4 heteroatoms. The average Bonchev–Trinajstić information content (AvgIpc) is 2.46. The van der Waals surface area contributed by atoms with Crippen LogP contribution in [0.25, 0.3) is 0 Å². The lowest BCUT2D eigenvalue weighted by Crippen LogP contribution is -2.28. The van der Waals surface area contributed by atoms with Gasteiger partial charge in [0.25, 0.3) is 5.91 Å². The molecule has 0 aliphatic carbocycles. The summed E-state index contributed by atoms with van der Waals surface area (Å²) in [4.78, 5) is 14.3. The van der Waals surface area contributed by atoms with Gasteiger partial charge in [-0.1, -0.05) is 29.8 Å². The van der Waals surface area contributed by atoms with Crippen molar-refractivity contribution < 1.29 is 4.79 Å². The number of carbonyl (C=O) groups is 1. The molecule has 4 nitrogen and oxygen atoms in total. The van der Waals surface area contributed by atoms with Crippen LogP contribution >= 0.6 is 0 Å². The van der Waals surface area contributed by atoms with Gasteiger partial charge in [0, 0.05) is 12.7 Å². The van der Waals surface area contributed by atoms with Gasteiger partial charge >= 0.3 is 0 Å². The van der Waals surface area contributed by atoms with E-state index in [-0.39, 0.29) is 5.91 Å². The number of amides is 1. The Bertz CT molecular complexity index is 637. The zero-order valence-electron chi connectivity index (χ0n) is 12.0. The van der Waals surface area contributed by atoms with Gasteiger partial charge in [-0.05, 0) is 37.6 Å². The SMILES string of the molecule is Cc1ccc(NN)c(C(=O)N(C)c2ccccc2C)c1. The van der Waals surface area contributed by atoms with E-state index in [0.29, 0.717) is 11.3 Å². The smallest absolute Gasteiger partial charge is 0.260 e. The zero-order chi connectivity index (χ0) is 14.7. The van der Waals surface area contributed by atoms with Crippen LogP contribution in [0.1, 0.15) is 21.5 Å². The first-order valence-electron chi connectivity index (χ1n) is 6.45. The zero-order valence-corrected chi connectivity index (χ0v) is 12.0. The number of para-hydroxylation sites is 1. The fourth-order valence-corrected chi connectivity index (χ4v) is 2.19. The molecule has 0 radical (unpaired) electrons. The standard InChI is InChI=1S/C16H19N3O/c1-11-8-9-14(18-17)13(10-11)16(20)19(3)15-7-5-4-6-12(15)2/h4-10,18H,17H2,1-3H3. The summed E-state index contributed by atoms with van der Waals surface area (Å²) in [6, 6.07) is 13.4. The van der Waals surface area contributed by atoms with E-state index in [0.717, 1.165) is 16.8 Å². The Morgan fingerprint density at radius 1 is 1.15 bits per heavy atom. The number of nitrogens with two attached hydrogens (primary N) is 1. The first-order valence-corrected chi connectivity index (χ1v) is 6.45. The summed E-state index contributed by atoms with van der Waals surface area (Å²) in [5.41, 5.74) is 6.73. The van der Waals surface area contributed by atoms with E-state index in [2.05, 4.69) is 5.43 Å². The van der Waals surface area contributed by atoms with Crippen LogP contribution < -0.4 is 16.2 Å². The Hall–Kier alpha value is -2.33. The number of nitrogens with zero attached hydrogens (tertiary/aromatic N) is 1. The van der Waals surface area contributed by atoms with Crippen LogP contribution in [-0.2, 0) is 0 Å². The van der Waals surface area contributed by atoms with Crippen molar-refractivity contribution in [2.75, 3.05) is 17.4 Å². The predicted molar refractivity (Wildman–Crippen MR) is 82.9 cm³/mol. The molecule has 2 rings (SSSR count). The number of anilines is 2. The van der Waals surface area contributed by atoms with Gasteiger partial charge in [-0.15, -0.1) is 0 Å². The Balaban J connectivity index is 2.41. The van der Waals surface area contributed by atoms with E-state index in [9.17, 15) is 4.79 Å². The highest BCUT2D eigenvalue weighted by atomic mass is 16.2. The number of aryl methyl sites for hydroxylation is 2. The van der Waals surface area contributed by atoms with Crippen LogP contribution in [0, 0.1) is 13.8 Å². The molecule has 0 aliphatic heterocycles. The van der Waals surface area contributed by atoms with Crippen LogP contribution in [0.3, 0.4) is 0 Å². The van der Waals surface area contributed by atoms with E-state index >= 15 is 0 Å². The van der Waals surface area contributed by atoms with Gasteiger partial charge < -0.3 is 10.3 Å². The maximum atomic E-state index is 12.7. The molecule has 2 aromatic carbocycles. The van der Waals surface area contributed by atoms with E-state index in [1.54, 1.807) is 11.9 Å². The number of nitrogen functional groups attached to an aromatic ring is 1. The molecule has 0 aromatic heterocycles. The summed E-state index contributed by atoms with van der Waals surface area (Å²) in [6.45, 7) is 3.93. The number of hydrogen-bond donors (Lipinski definition) is 2. The highest BCUT2D eigenvalue weighted by Crippen LogP contribution is 2.23. The van der Waals surface area contributed by atoms with Crippen molar-refractivity contribution in [2.45, 2.75) is 13.8 Å². The molecular formula is C16H19N3O. The lowest BCUT2D eigenvalue weighted by Gasteiger charge is -2.21. The molecular weight excluding hydrogens is 250 g/mol. The molecule has 0 atom stereocenters. The lowest BCUT2D eigenvalue weighted by molar-refractivity contribution is 0.0993. The molecule has 3 N–H and O–H groups in total. The third-order valence-corrected chi connectivity index (χ3v) is 3.34. The third kappa shape index (κ3) is 2.65. The Labute approximate surface area is 119 Å². The van der Waals surface area contributed by atoms with Crippen LogP contribution in [0.5, 0.6) is 0 Å². The molecule has 20 heavy (non-hydrogen) atoms. The van der Waals surface area contributed by atoms with Gasteiger partial charge in [-0.2, -0.15) is 0 Å². The van der Waals surface area contributed by atoms with Gasteiger partial charge in [0.2, 0.25) is 0 Å². The van der Waals surface area contributed by atoms with Crippen LogP contribution in [0.2, 0.25) is 0 Å². The summed E-state index contributed by atoms with van der Waals surface area (Å²) < 4.78 is 0. The maximum Gasteiger partial charge on any atom is 0.260 e. The normalized spacial score (nSPS) is 10.2. The summed E-state index contributed by atoms with van der Waals surface area (Å²) >= 11 is 0. The van der Waals surface area contributed by atoms with Gasteiger partial charge in [0.15, 0.2) is 0 Å². The van der Waals surface area contributed by atoms with Crippen molar-refractivity contribution in [1.29, 1.82) is 0 Å². The number of rotatable bonds is 3. The highest BCUT2D eigenvalue weighted by Gasteiger charge is 2.18. The summed E-state index contributed by atoms with van der Waals surface area (Å²) in [5.74, 6) is 5.40. The van der Waals surface area contributed by atoms with Crippen molar-refractivity contribution in [3.8, 4) is 0 Å². The molecule has 0 heterocycles. The Kier molecular flexibility index (Phi) is 4.05. The minimum atomic E-state index is -0.0871. The minimum absolute atomic E-state index is 0.0871. The third-order valence-electron chi connectivity index (χ3n) is 3.34. The molecule has 2 aromatic rings. The minimum Gasteiger partial charge on any atom is -0.323 e.